The van der Waals surface area contributed by atoms with E-state index in [-0.39, 0.29) is 18.3 Å². The molecule has 0 radical (unpaired) electrons. The molecule has 0 aliphatic heterocycles. The largest absolute Gasteiger partial charge is 0.483 e. The van der Waals surface area contributed by atoms with E-state index in [0.29, 0.717) is 28.4 Å². The maximum atomic E-state index is 12.4. The summed E-state index contributed by atoms with van der Waals surface area (Å²) in [6.07, 6.45) is 0.327. The molecule has 0 aliphatic carbocycles. The second-order valence-electron chi connectivity index (χ2n) is 6.17. The van der Waals surface area contributed by atoms with Crippen LogP contribution in [0.25, 0.3) is 11.1 Å². The number of ether oxygens (including phenoxy) is 1. The van der Waals surface area contributed by atoms with Gasteiger partial charge in [-0.1, -0.05) is 67.1 Å². The number of benzene rings is 3. The van der Waals surface area contributed by atoms with Crippen LogP contribution in [0.4, 0.5) is 5.69 Å². The molecular weight excluding hydrogens is 374 g/mol. The molecule has 3 aromatic carbocycles. The highest BCUT2D eigenvalue weighted by molar-refractivity contribution is 6.31. The highest BCUT2D eigenvalue weighted by atomic mass is 35.5. The van der Waals surface area contributed by atoms with Crippen LogP contribution in [-0.2, 0) is 4.79 Å². The van der Waals surface area contributed by atoms with Crippen molar-refractivity contribution in [3.8, 4) is 16.9 Å². The molecule has 5 heteroatoms. The van der Waals surface area contributed by atoms with Gasteiger partial charge in [-0.25, -0.2) is 0 Å². The first-order valence-corrected chi connectivity index (χ1v) is 9.36. The zero-order chi connectivity index (χ0) is 19.9. The monoisotopic (exact) mass is 393 g/mol. The summed E-state index contributed by atoms with van der Waals surface area (Å²) in [5.41, 5.74) is 3.01. The van der Waals surface area contributed by atoms with Crippen LogP contribution in [0.2, 0.25) is 5.02 Å². The lowest BCUT2D eigenvalue weighted by atomic mass is 10.0. The van der Waals surface area contributed by atoms with E-state index in [9.17, 15) is 9.59 Å². The van der Waals surface area contributed by atoms with Gasteiger partial charge in [0, 0.05) is 22.7 Å². The van der Waals surface area contributed by atoms with Gasteiger partial charge in [0.05, 0.1) is 5.56 Å². The Bertz CT molecular complexity index is 986. The van der Waals surface area contributed by atoms with Crippen molar-refractivity contribution in [1.29, 1.82) is 0 Å². The van der Waals surface area contributed by atoms with Crippen molar-refractivity contribution < 1.29 is 14.3 Å². The minimum atomic E-state index is -0.312. The van der Waals surface area contributed by atoms with Crippen molar-refractivity contribution in [2.24, 2.45) is 0 Å². The fraction of sp³-hybridized carbons (Fsp3) is 0.130. The summed E-state index contributed by atoms with van der Waals surface area (Å²) >= 11 is 5.98. The number of rotatable bonds is 7. The van der Waals surface area contributed by atoms with E-state index in [0.717, 1.165) is 11.1 Å². The number of anilines is 1. The van der Waals surface area contributed by atoms with E-state index in [2.05, 4.69) is 5.32 Å². The minimum absolute atomic E-state index is 0.0904. The van der Waals surface area contributed by atoms with E-state index < -0.39 is 0 Å². The Morgan fingerprint density at radius 3 is 2.43 bits per heavy atom. The Labute approximate surface area is 169 Å². The minimum Gasteiger partial charge on any atom is -0.483 e. The maximum absolute atomic E-state index is 12.4. The van der Waals surface area contributed by atoms with Crippen LogP contribution in [0, 0.1) is 0 Å². The van der Waals surface area contributed by atoms with E-state index in [4.69, 9.17) is 16.3 Å². The number of hydrogen-bond donors (Lipinski definition) is 1. The molecule has 0 saturated heterocycles. The molecule has 0 saturated carbocycles. The van der Waals surface area contributed by atoms with Gasteiger partial charge in [0.15, 0.2) is 12.4 Å². The average Bonchev–Trinajstić information content (AvgIpc) is 2.73. The maximum Gasteiger partial charge on any atom is 0.262 e. The lowest BCUT2D eigenvalue weighted by molar-refractivity contribution is -0.118. The van der Waals surface area contributed by atoms with Gasteiger partial charge in [-0.05, 0) is 29.8 Å². The van der Waals surface area contributed by atoms with Crippen molar-refractivity contribution in [2.75, 3.05) is 11.9 Å². The molecule has 3 aromatic rings. The van der Waals surface area contributed by atoms with Crippen molar-refractivity contribution in [2.45, 2.75) is 13.3 Å². The van der Waals surface area contributed by atoms with Crippen molar-refractivity contribution in [3.63, 3.8) is 0 Å². The lowest BCUT2D eigenvalue weighted by Gasteiger charge is -2.13. The zero-order valence-electron chi connectivity index (χ0n) is 15.4. The average molecular weight is 394 g/mol. The SMILES string of the molecule is CCC(=O)c1cc(Cl)ccc1OCC(=O)Nc1ccccc1-c1ccccc1. The fourth-order valence-corrected chi connectivity index (χ4v) is 3.00. The fourth-order valence-electron chi connectivity index (χ4n) is 2.83. The second kappa shape index (κ2) is 9.20. The molecule has 142 valence electrons. The van der Waals surface area contributed by atoms with Gasteiger partial charge in [0.25, 0.3) is 5.91 Å². The molecule has 1 N–H and O–H groups in total. The van der Waals surface area contributed by atoms with Crippen LogP contribution in [0.1, 0.15) is 23.7 Å². The normalized spacial score (nSPS) is 10.4. The van der Waals surface area contributed by atoms with Gasteiger partial charge in [-0.2, -0.15) is 0 Å². The van der Waals surface area contributed by atoms with Crippen LogP contribution in [0.15, 0.2) is 72.8 Å². The van der Waals surface area contributed by atoms with E-state index >= 15 is 0 Å². The number of hydrogen-bond acceptors (Lipinski definition) is 3. The highest BCUT2D eigenvalue weighted by Crippen LogP contribution is 2.28. The van der Waals surface area contributed by atoms with E-state index in [1.165, 1.54) is 0 Å². The Morgan fingerprint density at radius 2 is 1.68 bits per heavy atom. The number of halogens is 1. The summed E-state index contributed by atoms with van der Waals surface area (Å²) in [5.74, 6) is -0.0525. The molecule has 0 atom stereocenters. The summed E-state index contributed by atoms with van der Waals surface area (Å²) in [5, 5.41) is 3.33. The molecule has 0 fully saturated rings. The Balaban J connectivity index is 1.72. The standard InChI is InChI=1S/C23H20ClNO3/c1-2-21(26)19-14-17(24)12-13-22(19)28-15-23(27)25-20-11-7-6-10-18(20)16-8-4-3-5-9-16/h3-14H,2,15H2,1H3,(H,25,27). The van der Waals surface area contributed by atoms with Gasteiger partial charge in [-0.3, -0.25) is 9.59 Å². The summed E-state index contributed by atoms with van der Waals surface area (Å²) < 4.78 is 5.60. The molecule has 0 bridgehead atoms. The number of Topliss-reactive ketones (excluding diaryl/α,β-unsaturated/α-hetero) is 1. The number of carbonyl (C=O) groups excluding carboxylic acids is 2. The summed E-state index contributed by atoms with van der Waals surface area (Å²) in [4.78, 5) is 24.5. The quantitative estimate of drug-likeness (QED) is 0.530. The van der Waals surface area contributed by atoms with Crippen LogP contribution in [0.5, 0.6) is 5.75 Å². The third-order valence-electron chi connectivity index (χ3n) is 4.21. The van der Waals surface area contributed by atoms with Crippen molar-refractivity contribution >= 4 is 29.0 Å². The zero-order valence-corrected chi connectivity index (χ0v) is 16.2. The Kier molecular flexibility index (Phi) is 6.45. The van der Waals surface area contributed by atoms with Gasteiger partial charge in [-0.15, -0.1) is 0 Å². The number of ketones is 1. The molecule has 0 unspecified atom stereocenters. The summed E-state index contributed by atoms with van der Waals surface area (Å²) in [6, 6.07) is 22.2. The van der Waals surface area contributed by atoms with Crippen molar-refractivity contribution in [1.82, 2.24) is 0 Å². The molecule has 1 amide bonds. The number of nitrogens with one attached hydrogen (secondary N) is 1. The Hall–Kier alpha value is -3.11. The molecule has 0 spiro atoms. The third kappa shape index (κ3) is 4.78. The van der Waals surface area contributed by atoms with Gasteiger partial charge < -0.3 is 10.1 Å². The first kappa shape index (κ1) is 19.6. The number of para-hydroxylation sites is 1. The molecule has 28 heavy (non-hydrogen) atoms. The lowest BCUT2D eigenvalue weighted by Crippen LogP contribution is -2.21. The van der Waals surface area contributed by atoms with Crippen LogP contribution in [-0.4, -0.2) is 18.3 Å². The first-order valence-electron chi connectivity index (χ1n) is 8.98. The number of carbonyl (C=O) groups is 2. The van der Waals surface area contributed by atoms with Crippen LogP contribution >= 0.6 is 11.6 Å². The van der Waals surface area contributed by atoms with Crippen LogP contribution in [0.3, 0.4) is 0 Å². The molecule has 0 heterocycles. The Morgan fingerprint density at radius 1 is 0.964 bits per heavy atom. The van der Waals surface area contributed by atoms with Crippen LogP contribution < -0.4 is 10.1 Å². The third-order valence-corrected chi connectivity index (χ3v) is 4.44. The molecule has 0 aliphatic rings. The molecule has 3 rings (SSSR count). The summed E-state index contributed by atoms with van der Waals surface area (Å²) in [6.45, 7) is 1.55. The molecule has 4 nitrogen and oxygen atoms in total. The van der Waals surface area contributed by atoms with Gasteiger partial charge >= 0.3 is 0 Å². The van der Waals surface area contributed by atoms with E-state index in [1.807, 2.05) is 54.6 Å². The highest BCUT2D eigenvalue weighted by Gasteiger charge is 2.14. The summed E-state index contributed by atoms with van der Waals surface area (Å²) in [7, 11) is 0. The van der Waals surface area contributed by atoms with E-state index in [1.54, 1.807) is 25.1 Å². The number of amides is 1. The first-order chi connectivity index (χ1) is 13.6. The predicted octanol–water partition coefficient (Wildman–Crippen LogP) is 5.62. The molecule has 0 aromatic heterocycles. The predicted molar refractivity (Wildman–Crippen MR) is 112 cm³/mol. The smallest absolute Gasteiger partial charge is 0.262 e. The second-order valence-corrected chi connectivity index (χ2v) is 6.60. The topological polar surface area (TPSA) is 55.4 Å². The van der Waals surface area contributed by atoms with Crippen molar-refractivity contribution in [3.05, 3.63) is 83.4 Å². The van der Waals surface area contributed by atoms with Gasteiger partial charge in [0.1, 0.15) is 5.75 Å². The molecular formula is C23H20ClNO3. The van der Waals surface area contributed by atoms with Gasteiger partial charge in [0.2, 0.25) is 0 Å².